The summed E-state index contributed by atoms with van der Waals surface area (Å²) in [6, 6.07) is 10.8. The van der Waals surface area contributed by atoms with Crippen LogP contribution in [0, 0.1) is 0 Å². The van der Waals surface area contributed by atoms with Gasteiger partial charge in [-0.1, -0.05) is 11.6 Å². The van der Waals surface area contributed by atoms with Gasteiger partial charge in [-0.25, -0.2) is 13.2 Å². The number of anilines is 2. The van der Waals surface area contributed by atoms with E-state index in [0.717, 1.165) is 10.6 Å². The molecule has 10 heteroatoms. The molecule has 0 fully saturated rings. The number of sulfonamides is 1. The van der Waals surface area contributed by atoms with E-state index >= 15 is 0 Å². The summed E-state index contributed by atoms with van der Waals surface area (Å²) in [5.74, 6) is -0.562. The highest BCUT2D eigenvalue weighted by atomic mass is 35.5. The molecule has 0 aliphatic heterocycles. The number of carbonyl (C=O) groups excluding carboxylic acids is 2. The highest BCUT2D eigenvalue weighted by molar-refractivity contribution is 7.92. The second kappa shape index (κ2) is 9.82. The van der Waals surface area contributed by atoms with Crippen molar-refractivity contribution in [2.75, 3.05) is 29.5 Å². The molecule has 1 amide bonds. The van der Waals surface area contributed by atoms with Gasteiger partial charge < -0.3 is 14.8 Å². The van der Waals surface area contributed by atoms with Gasteiger partial charge in [0.05, 0.1) is 29.1 Å². The van der Waals surface area contributed by atoms with Crippen LogP contribution in [0.4, 0.5) is 11.4 Å². The van der Waals surface area contributed by atoms with Gasteiger partial charge in [0.2, 0.25) is 10.0 Å². The fourth-order valence-electron chi connectivity index (χ4n) is 2.39. The van der Waals surface area contributed by atoms with Crippen LogP contribution in [0.25, 0.3) is 0 Å². The van der Waals surface area contributed by atoms with Crippen LogP contribution in [-0.4, -0.2) is 46.3 Å². The number of amides is 1. The topological polar surface area (TPSA) is 102 Å². The Balaban J connectivity index is 2.01. The van der Waals surface area contributed by atoms with E-state index in [2.05, 4.69) is 5.32 Å². The molecule has 0 heterocycles. The van der Waals surface area contributed by atoms with Crippen LogP contribution < -0.4 is 14.4 Å². The summed E-state index contributed by atoms with van der Waals surface area (Å²) in [5, 5.41) is 2.82. The maximum Gasteiger partial charge on any atom is 0.339 e. The van der Waals surface area contributed by atoms with Crippen LogP contribution in [0.3, 0.4) is 0 Å². The van der Waals surface area contributed by atoms with Crippen molar-refractivity contribution in [1.29, 1.82) is 0 Å². The molecule has 0 saturated carbocycles. The number of ether oxygens (including phenoxy) is 2. The highest BCUT2D eigenvalue weighted by Crippen LogP contribution is 2.23. The van der Waals surface area contributed by atoms with Crippen molar-refractivity contribution in [3.63, 3.8) is 0 Å². The van der Waals surface area contributed by atoms with Crippen molar-refractivity contribution in [3.05, 3.63) is 53.1 Å². The van der Waals surface area contributed by atoms with Crippen LogP contribution in [0.2, 0.25) is 5.02 Å². The van der Waals surface area contributed by atoms with Gasteiger partial charge in [0.15, 0.2) is 6.10 Å². The minimum Gasteiger partial charge on any atom is -0.481 e. The van der Waals surface area contributed by atoms with E-state index in [9.17, 15) is 18.0 Å². The zero-order valence-corrected chi connectivity index (χ0v) is 18.6. The maximum absolute atomic E-state index is 12.4. The van der Waals surface area contributed by atoms with Crippen LogP contribution in [0.1, 0.15) is 24.2 Å². The molecule has 30 heavy (non-hydrogen) atoms. The van der Waals surface area contributed by atoms with Gasteiger partial charge in [0.25, 0.3) is 5.91 Å². The van der Waals surface area contributed by atoms with Gasteiger partial charge in [-0.05, 0) is 56.3 Å². The van der Waals surface area contributed by atoms with E-state index in [1.807, 2.05) is 0 Å². The van der Waals surface area contributed by atoms with Crippen LogP contribution in [0.15, 0.2) is 42.5 Å². The molecule has 0 aliphatic carbocycles. The normalized spacial score (nSPS) is 12.0. The second-order valence-electron chi connectivity index (χ2n) is 6.39. The molecular weight excluding hydrogens is 432 g/mol. The molecule has 0 unspecified atom stereocenters. The average Bonchev–Trinajstić information content (AvgIpc) is 2.67. The molecule has 2 aromatic rings. The zero-order valence-electron chi connectivity index (χ0n) is 17.0. The summed E-state index contributed by atoms with van der Waals surface area (Å²) in [6.45, 7) is 3.49. The lowest BCUT2D eigenvalue weighted by atomic mass is 10.2. The number of rotatable bonds is 8. The van der Waals surface area contributed by atoms with Crippen molar-refractivity contribution in [2.45, 2.75) is 20.0 Å². The molecule has 0 saturated heterocycles. The smallest absolute Gasteiger partial charge is 0.339 e. The molecule has 1 atom stereocenters. The summed E-state index contributed by atoms with van der Waals surface area (Å²) >= 11 is 6.09. The number of halogens is 1. The first-order valence-corrected chi connectivity index (χ1v) is 11.2. The Hall–Kier alpha value is -2.78. The van der Waals surface area contributed by atoms with Crippen molar-refractivity contribution >= 4 is 44.9 Å². The second-order valence-corrected chi connectivity index (χ2v) is 8.81. The number of hydrogen-bond acceptors (Lipinski definition) is 6. The van der Waals surface area contributed by atoms with Gasteiger partial charge in [-0.15, -0.1) is 0 Å². The molecule has 0 aliphatic rings. The van der Waals surface area contributed by atoms with Crippen molar-refractivity contribution in [1.82, 2.24) is 0 Å². The number of nitrogens with zero attached hydrogens (tertiary/aromatic N) is 1. The number of hydrogen-bond donors (Lipinski definition) is 1. The summed E-state index contributed by atoms with van der Waals surface area (Å²) in [7, 11) is -1.92. The monoisotopic (exact) mass is 454 g/mol. The lowest BCUT2D eigenvalue weighted by Crippen LogP contribution is -2.30. The van der Waals surface area contributed by atoms with E-state index in [1.165, 1.54) is 19.2 Å². The fourth-order valence-corrected chi connectivity index (χ4v) is 3.16. The van der Waals surface area contributed by atoms with E-state index in [0.29, 0.717) is 17.1 Å². The third-order valence-corrected chi connectivity index (χ3v) is 5.63. The lowest BCUT2D eigenvalue weighted by Gasteiger charge is -2.18. The number of carbonyl (C=O) groups is 2. The Labute approximate surface area is 180 Å². The summed E-state index contributed by atoms with van der Waals surface area (Å²) < 4.78 is 34.8. The Morgan fingerprint density at radius 3 is 2.33 bits per heavy atom. The third kappa shape index (κ3) is 6.11. The molecule has 0 bridgehead atoms. The quantitative estimate of drug-likeness (QED) is 0.614. The zero-order chi connectivity index (χ0) is 22.5. The predicted molar refractivity (Wildman–Crippen MR) is 116 cm³/mol. The van der Waals surface area contributed by atoms with Crippen LogP contribution in [0.5, 0.6) is 5.75 Å². The molecular formula is C20H23ClN2O6S. The lowest BCUT2D eigenvalue weighted by molar-refractivity contribution is -0.122. The highest BCUT2D eigenvalue weighted by Gasteiger charge is 2.18. The van der Waals surface area contributed by atoms with Crippen molar-refractivity contribution < 1.29 is 27.5 Å². The molecule has 162 valence electrons. The Morgan fingerprint density at radius 1 is 1.17 bits per heavy atom. The van der Waals surface area contributed by atoms with E-state index < -0.39 is 28.0 Å². The number of benzene rings is 2. The number of esters is 1. The van der Waals surface area contributed by atoms with Gasteiger partial charge in [0, 0.05) is 12.7 Å². The van der Waals surface area contributed by atoms with Crippen molar-refractivity contribution in [3.8, 4) is 5.75 Å². The first-order chi connectivity index (χ1) is 14.0. The Kier molecular flexibility index (Phi) is 7.69. The fraction of sp³-hybridized carbons (Fsp3) is 0.300. The minimum absolute atomic E-state index is 0.158. The molecule has 0 radical (unpaired) electrons. The van der Waals surface area contributed by atoms with Gasteiger partial charge >= 0.3 is 5.97 Å². The number of nitrogens with one attached hydrogen (secondary N) is 1. The third-order valence-electron chi connectivity index (χ3n) is 4.11. The van der Waals surface area contributed by atoms with E-state index in [-0.39, 0.29) is 17.2 Å². The Morgan fingerprint density at radius 2 is 1.80 bits per heavy atom. The molecule has 2 rings (SSSR count). The molecule has 2 aromatic carbocycles. The Bertz CT molecular complexity index is 1020. The maximum atomic E-state index is 12.4. The molecule has 1 N–H and O–H groups in total. The van der Waals surface area contributed by atoms with Gasteiger partial charge in [-0.2, -0.15) is 0 Å². The van der Waals surface area contributed by atoms with Crippen LogP contribution in [-0.2, 0) is 19.6 Å². The van der Waals surface area contributed by atoms with Crippen molar-refractivity contribution in [2.24, 2.45) is 0 Å². The summed E-state index contributed by atoms with van der Waals surface area (Å²) in [4.78, 5) is 24.2. The van der Waals surface area contributed by atoms with Gasteiger partial charge in [-0.3, -0.25) is 9.10 Å². The summed E-state index contributed by atoms with van der Waals surface area (Å²) in [5.41, 5.74) is 1.08. The largest absolute Gasteiger partial charge is 0.481 e. The SMILES string of the molecule is CCOC(=O)c1ccc(NC(=O)[C@H](C)Oc2ccc(N(C)S(C)(=O)=O)cc2)cc1Cl. The standard InChI is InChI=1S/C20H23ClN2O6S/c1-5-28-20(25)17-11-6-14(12-18(17)21)22-19(24)13(2)29-16-9-7-15(8-10-16)23(3)30(4,26)27/h6-13H,5H2,1-4H3,(H,22,24)/t13-/m0/s1. The molecule has 8 nitrogen and oxygen atoms in total. The van der Waals surface area contributed by atoms with Crippen LogP contribution >= 0.6 is 11.6 Å². The summed E-state index contributed by atoms with van der Waals surface area (Å²) in [6.07, 6.45) is 0.266. The first-order valence-electron chi connectivity index (χ1n) is 9.01. The van der Waals surface area contributed by atoms with E-state index in [1.54, 1.807) is 44.2 Å². The van der Waals surface area contributed by atoms with Gasteiger partial charge in [0.1, 0.15) is 5.75 Å². The first kappa shape index (κ1) is 23.5. The van der Waals surface area contributed by atoms with E-state index in [4.69, 9.17) is 21.1 Å². The predicted octanol–water partition coefficient (Wildman–Crippen LogP) is 3.32. The minimum atomic E-state index is -3.37. The average molecular weight is 455 g/mol. The molecule has 0 aromatic heterocycles. The molecule has 0 spiro atoms.